The molecule has 0 aromatic carbocycles. The highest BCUT2D eigenvalue weighted by molar-refractivity contribution is 9.09. The summed E-state index contributed by atoms with van der Waals surface area (Å²) < 4.78 is 5.33. The summed E-state index contributed by atoms with van der Waals surface area (Å²) >= 11 is 3.54. The Morgan fingerprint density at radius 2 is 2.42 bits per heavy atom. The van der Waals surface area contributed by atoms with Gasteiger partial charge in [0.15, 0.2) is 0 Å². The molecule has 0 bridgehead atoms. The Morgan fingerprint density at radius 1 is 1.58 bits per heavy atom. The highest BCUT2D eigenvalue weighted by Gasteiger charge is 2.22. The molecule has 0 aromatic heterocycles. The minimum atomic E-state index is 0.755. The molecule has 0 amide bonds. The topological polar surface area (TPSA) is 12.5 Å². The molecule has 0 aliphatic carbocycles. The first-order valence-corrected chi connectivity index (χ1v) is 5.88. The van der Waals surface area contributed by atoms with Crippen LogP contribution in [0.1, 0.15) is 19.8 Å². The largest absolute Gasteiger partial charge is 0.380 e. The number of halogens is 1. The molecule has 0 radical (unpaired) electrons. The van der Waals surface area contributed by atoms with Gasteiger partial charge in [-0.3, -0.25) is 4.90 Å². The van der Waals surface area contributed by atoms with Crippen LogP contribution in [0.5, 0.6) is 0 Å². The van der Waals surface area contributed by atoms with Crippen molar-refractivity contribution in [3.05, 3.63) is 0 Å². The number of hydrogen-bond donors (Lipinski definition) is 0. The summed E-state index contributed by atoms with van der Waals surface area (Å²) in [6.07, 6.45) is 2.69. The van der Waals surface area contributed by atoms with Crippen LogP contribution in [0.2, 0.25) is 0 Å². The zero-order chi connectivity index (χ0) is 8.81. The van der Waals surface area contributed by atoms with Crippen LogP contribution in [-0.2, 0) is 4.74 Å². The minimum absolute atomic E-state index is 0.755. The normalized spacial score (nSPS) is 25.0. The van der Waals surface area contributed by atoms with Crippen molar-refractivity contribution in [1.29, 1.82) is 0 Å². The minimum Gasteiger partial charge on any atom is -0.380 e. The fraction of sp³-hybridized carbons (Fsp3) is 1.00. The van der Waals surface area contributed by atoms with E-state index in [1.54, 1.807) is 0 Å². The first kappa shape index (κ1) is 10.5. The lowest BCUT2D eigenvalue weighted by Gasteiger charge is -2.22. The molecule has 0 spiro atoms. The third-order valence-corrected chi connectivity index (χ3v) is 3.15. The van der Waals surface area contributed by atoms with E-state index in [1.807, 2.05) is 6.92 Å². The Hall–Kier alpha value is 0.400. The van der Waals surface area contributed by atoms with E-state index in [-0.39, 0.29) is 0 Å². The van der Waals surface area contributed by atoms with E-state index in [1.165, 1.54) is 19.4 Å². The van der Waals surface area contributed by atoms with Crippen LogP contribution in [0.25, 0.3) is 0 Å². The maximum atomic E-state index is 5.33. The summed E-state index contributed by atoms with van der Waals surface area (Å²) in [5.41, 5.74) is 0. The van der Waals surface area contributed by atoms with Crippen molar-refractivity contribution in [2.24, 2.45) is 0 Å². The quantitative estimate of drug-likeness (QED) is 0.533. The van der Waals surface area contributed by atoms with Crippen molar-refractivity contribution in [1.82, 2.24) is 4.90 Å². The Kier molecular flexibility index (Phi) is 5.19. The summed E-state index contributed by atoms with van der Waals surface area (Å²) in [4.78, 5) is 2.52. The van der Waals surface area contributed by atoms with Gasteiger partial charge in [0.05, 0.1) is 6.61 Å². The van der Waals surface area contributed by atoms with Gasteiger partial charge in [0.25, 0.3) is 0 Å². The van der Waals surface area contributed by atoms with Crippen LogP contribution >= 0.6 is 15.9 Å². The predicted octanol–water partition coefficient (Wildman–Crippen LogP) is 1.88. The average molecular weight is 236 g/mol. The number of rotatable bonds is 5. The van der Waals surface area contributed by atoms with Crippen LogP contribution in [0.3, 0.4) is 0 Å². The Labute approximate surface area is 83.4 Å². The van der Waals surface area contributed by atoms with Crippen LogP contribution in [0.4, 0.5) is 0 Å². The molecule has 3 heteroatoms. The van der Waals surface area contributed by atoms with Crippen LogP contribution < -0.4 is 0 Å². The lowest BCUT2D eigenvalue weighted by atomic mass is 10.2. The number of nitrogens with zero attached hydrogens (tertiary/aromatic N) is 1. The number of hydrogen-bond acceptors (Lipinski definition) is 2. The molecule has 72 valence electrons. The number of ether oxygens (including phenoxy) is 1. The van der Waals surface area contributed by atoms with E-state index in [0.29, 0.717) is 0 Å². The molecule has 0 saturated carbocycles. The molecule has 0 aromatic rings. The third-order valence-electron chi connectivity index (χ3n) is 2.40. The molecule has 1 aliphatic heterocycles. The molecule has 1 aliphatic rings. The maximum Gasteiger partial charge on any atom is 0.0593 e. The standard InChI is InChI=1S/C9H18BrNO/c1-2-12-7-6-11-5-3-4-9(11)8-10/h9H,2-8H2,1H3. The maximum absolute atomic E-state index is 5.33. The van der Waals surface area contributed by atoms with Gasteiger partial charge in [0.2, 0.25) is 0 Å². The molecular weight excluding hydrogens is 218 g/mol. The van der Waals surface area contributed by atoms with Crippen molar-refractivity contribution in [3.63, 3.8) is 0 Å². The molecule has 12 heavy (non-hydrogen) atoms. The van der Waals surface area contributed by atoms with Crippen molar-refractivity contribution < 1.29 is 4.74 Å². The van der Waals surface area contributed by atoms with Gasteiger partial charge < -0.3 is 4.74 Å². The Bertz CT molecular complexity index is 121. The third kappa shape index (κ3) is 3.04. The molecule has 1 saturated heterocycles. The van der Waals surface area contributed by atoms with Gasteiger partial charge >= 0.3 is 0 Å². The molecule has 0 N–H and O–H groups in total. The van der Waals surface area contributed by atoms with Gasteiger partial charge in [-0.1, -0.05) is 15.9 Å². The molecule has 1 rings (SSSR count). The fourth-order valence-corrected chi connectivity index (χ4v) is 2.42. The van der Waals surface area contributed by atoms with Gasteiger partial charge in [-0.25, -0.2) is 0 Å². The van der Waals surface area contributed by atoms with Crippen LogP contribution in [-0.4, -0.2) is 42.6 Å². The van der Waals surface area contributed by atoms with E-state index in [4.69, 9.17) is 4.74 Å². The lowest BCUT2D eigenvalue weighted by Crippen LogP contribution is -2.33. The highest BCUT2D eigenvalue weighted by atomic mass is 79.9. The van der Waals surface area contributed by atoms with E-state index < -0.39 is 0 Å². The zero-order valence-electron chi connectivity index (χ0n) is 7.76. The van der Waals surface area contributed by atoms with E-state index >= 15 is 0 Å². The second-order valence-electron chi connectivity index (χ2n) is 3.18. The summed E-state index contributed by atoms with van der Waals surface area (Å²) in [7, 11) is 0. The van der Waals surface area contributed by atoms with Crippen molar-refractivity contribution in [3.8, 4) is 0 Å². The van der Waals surface area contributed by atoms with E-state index in [9.17, 15) is 0 Å². The van der Waals surface area contributed by atoms with Gasteiger partial charge in [-0.2, -0.15) is 0 Å². The summed E-state index contributed by atoms with van der Waals surface area (Å²) in [6, 6.07) is 0.755. The summed E-state index contributed by atoms with van der Waals surface area (Å²) in [5.74, 6) is 0. The second kappa shape index (κ2) is 5.95. The Morgan fingerprint density at radius 3 is 3.08 bits per heavy atom. The molecular formula is C9H18BrNO. The van der Waals surface area contributed by atoms with E-state index in [0.717, 1.165) is 31.1 Å². The molecule has 2 nitrogen and oxygen atoms in total. The smallest absolute Gasteiger partial charge is 0.0593 e. The van der Waals surface area contributed by atoms with Gasteiger partial charge in [0, 0.05) is 24.5 Å². The van der Waals surface area contributed by atoms with Crippen LogP contribution in [0, 0.1) is 0 Å². The summed E-state index contributed by atoms with van der Waals surface area (Å²) in [5, 5.41) is 1.11. The molecule has 1 heterocycles. The lowest BCUT2D eigenvalue weighted by molar-refractivity contribution is 0.112. The Balaban J connectivity index is 2.12. The van der Waals surface area contributed by atoms with Crippen molar-refractivity contribution in [2.45, 2.75) is 25.8 Å². The average Bonchev–Trinajstić information content (AvgIpc) is 2.52. The zero-order valence-corrected chi connectivity index (χ0v) is 9.35. The SMILES string of the molecule is CCOCCN1CCCC1CBr. The van der Waals surface area contributed by atoms with Gasteiger partial charge in [-0.15, -0.1) is 0 Å². The predicted molar refractivity (Wildman–Crippen MR) is 54.9 cm³/mol. The van der Waals surface area contributed by atoms with Gasteiger partial charge in [-0.05, 0) is 26.3 Å². The number of likely N-dealkylation sites (tertiary alicyclic amines) is 1. The van der Waals surface area contributed by atoms with Crippen molar-refractivity contribution >= 4 is 15.9 Å². The fourth-order valence-electron chi connectivity index (χ4n) is 1.69. The molecule has 1 fully saturated rings. The second-order valence-corrected chi connectivity index (χ2v) is 3.83. The van der Waals surface area contributed by atoms with Crippen LogP contribution in [0.15, 0.2) is 0 Å². The van der Waals surface area contributed by atoms with E-state index in [2.05, 4.69) is 20.8 Å². The van der Waals surface area contributed by atoms with Crippen molar-refractivity contribution in [2.75, 3.05) is 31.6 Å². The first-order chi connectivity index (χ1) is 5.88. The number of alkyl halides is 1. The monoisotopic (exact) mass is 235 g/mol. The summed E-state index contributed by atoms with van der Waals surface area (Å²) in [6.45, 7) is 6.13. The van der Waals surface area contributed by atoms with Gasteiger partial charge in [0.1, 0.15) is 0 Å². The first-order valence-electron chi connectivity index (χ1n) is 4.76. The molecule has 1 atom stereocenters. The molecule has 1 unspecified atom stereocenters. The highest BCUT2D eigenvalue weighted by Crippen LogP contribution is 2.17.